The third kappa shape index (κ3) is 7.43. The van der Waals surface area contributed by atoms with Crippen LogP contribution in [0.1, 0.15) is 18.1 Å². The molecule has 2 amide bonds. The van der Waals surface area contributed by atoms with E-state index < -0.39 is 6.04 Å². The van der Waals surface area contributed by atoms with E-state index in [1.807, 2.05) is 61.5 Å². The fourth-order valence-electron chi connectivity index (χ4n) is 3.44. The van der Waals surface area contributed by atoms with Crippen molar-refractivity contribution >= 4 is 27.7 Å². The molecule has 0 heterocycles. The molecule has 0 aromatic heterocycles. The van der Waals surface area contributed by atoms with E-state index in [2.05, 4.69) is 21.2 Å². The van der Waals surface area contributed by atoms with Gasteiger partial charge in [0.05, 0.1) is 0 Å². The van der Waals surface area contributed by atoms with Gasteiger partial charge in [-0.3, -0.25) is 9.59 Å². The zero-order valence-corrected chi connectivity index (χ0v) is 19.9. The Labute approximate surface area is 201 Å². The first-order valence-electron chi connectivity index (χ1n) is 10.7. The molecule has 0 fully saturated rings. The maximum Gasteiger partial charge on any atom is 0.261 e. The Morgan fingerprint density at radius 2 is 1.70 bits per heavy atom. The number of likely N-dealkylation sites (N-methyl/N-ethyl adjacent to an activating group) is 1. The number of amides is 2. The Hall–Kier alpha value is -3.19. The summed E-state index contributed by atoms with van der Waals surface area (Å²) in [6.45, 7) is 2.26. The summed E-state index contributed by atoms with van der Waals surface area (Å²) < 4.78 is 19.7. The molecule has 7 heteroatoms. The van der Waals surface area contributed by atoms with Crippen LogP contribution in [0.3, 0.4) is 0 Å². The molecule has 0 aliphatic heterocycles. The van der Waals surface area contributed by atoms with Gasteiger partial charge in [0.25, 0.3) is 5.91 Å². The molecule has 33 heavy (non-hydrogen) atoms. The van der Waals surface area contributed by atoms with Crippen molar-refractivity contribution in [2.45, 2.75) is 25.9 Å². The average molecular weight is 513 g/mol. The number of carbonyl (C=O) groups excluding carboxylic acids is 2. The number of hydrogen-bond donors (Lipinski definition) is 1. The molecule has 0 spiro atoms. The van der Waals surface area contributed by atoms with E-state index in [1.54, 1.807) is 4.90 Å². The number of carbonyl (C=O) groups is 2. The highest BCUT2D eigenvalue weighted by atomic mass is 79.9. The summed E-state index contributed by atoms with van der Waals surface area (Å²) in [6, 6.07) is 21.9. The monoisotopic (exact) mass is 512 g/mol. The van der Waals surface area contributed by atoms with E-state index in [0.717, 1.165) is 15.6 Å². The Balaban J connectivity index is 1.88. The second-order valence-corrected chi connectivity index (χ2v) is 8.41. The van der Waals surface area contributed by atoms with Crippen molar-refractivity contribution in [3.8, 4) is 5.75 Å². The number of halogens is 2. The Morgan fingerprint density at radius 3 is 2.36 bits per heavy atom. The lowest BCUT2D eigenvalue weighted by atomic mass is 10.0. The van der Waals surface area contributed by atoms with Crippen molar-refractivity contribution in [2.75, 3.05) is 13.2 Å². The summed E-state index contributed by atoms with van der Waals surface area (Å²) in [5, 5.41) is 2.85. The van der Waals surface area contributed by atoms with Crippen LogP contribution in [0.4, 0.5) is 4.39 Å². The molecule has 172 valence electrons. The molecule has 3 rings (SSSR count). The van der Waals surface area contributed by atoms with Crippen LogP contribution in [-0.2, 0) is 22.6 Å². The lowest BCUT2D eigenvalue weighted by Gasteiger charge is -2.31. The number of rotatable bonds is 10. The summed E-state index contributed by atoms with van der Waals surface area (Å²) in [6.07, 6.45) is 0.364. The molecule has 0 bridgehead atoms. The summed E-state index contributed by atoms with van der Waals surface area (Å²) in [7, 11) is 0. The van der Waals surface area contributed by atoms with E-state index in [-0.39, 0.29) is 30.8 Å². The summed E-state index contributed by atoms with van der Waals surface area (Å²) in [5.41, 5.74) is 1.82. The Morgan fingerprint density at radius 1 is 1.00 bits per heavy atom. The van der Waals surface area contributed by atoms with E-state index in [1.165, 1.54) is 24.3 Å². The number of hydrogen-bond acceptors (Lipinski definition) is 3. The molecule has 1 unspecified atom stereocenters. The lowest BCUT2D eigenvalue weighted by molar-refractivity contribution is -0.142. The van der Waals surface area contributed by atoms with E-state index >= 15 is 0 Å². The summed E-state index contributed by atoms with van der Waals surface area (Å²) in [4.78, 5) is 28.0. The van der Waals surface area contributed by atoms with Gasteiger partial charge in [0.15, 0.2) is 6.61 Å². The second-order valence-electron chi connectivity index (χ2n) is 7.49. The maximum atomic E-state index is 13.3. The molecule has 0 saturated carbocycles. The van der Waals surface area contributed by atoms with Gasteiger partial charge in [0.1, 0.15) is 17.6 Å². The van der Waals surface area contributed by atoms with Crippen molar-refractivity contribution in [2.24, 2.45) is 0 Å². The van der Waals surface area contributed by atoms with Crippen molar-refractivity contribution in [3.05, 3.63) is 100 Å². The minimum atomic E-state index is -0.726. The van der Waals surface area contributed by atoms with Gasteiger partial charge in [-0.1, -0.05) is 58.4 Å². The largest absolute Gasteiger partial charge is 0.484 e. The molecule has 0 radical (unpaired) electrons. The predicted octanol–water partition coefficient (Wildman–Crippen LogP) is 4.74. The molecular formula is C26H26BrFN2O3. The number of benzene rings is 3. The number of nitrogens with zero attached hydrogens (tertiary/aromatic N) is 1. The molecule has 0 saturated heterocycles. The van der Waals surface area contributed by atoms with Crippen molar-refractivity contribution < 1.29 is 18.7 Å². The quantitative estimate of drug-likeness (QED) is 0.426. The molecular weight excluding hydrogens is 487 g/mol. The Kier molecular flexibility index (Phi) is 9.01. The normalized spacial score (nSPS) is 11.5. The summed E-state index contributed by atoms with van der Waals surface area (Å²) in [5.74, 6) is -0.577. The highest BCUT2D eigenvalue weighted by molar-refractivity contribution is 9.10. The van der Waals surface area contributed by atoms with Crippen LogP contribution >= 0.6 is 15.9 Å². The van der Waals surface area contributed by atoms with Crippen molar-refractivity contribution in [3.63, 3.8) is 0 Å². The number of nitrogens with one attached hydrogen (secondary N) is 1. The van der Waals surface area contributed by atoms with Gasteiger partial charge in [-0.05, 0) is 54.4 Å². The van der Waals surface area contributed by atoms with Gasteiger partial charge in [-0.25, -0.2) is 4.39 Å². The Bertz CT molecular complexity index is 1060. The lowest BCUT2D eigenvalue weighted by Crippen LogP contribution is -2.51. The summed E-state index contributed by atoms with van der Waals surface area (Å²) >= 11 is 3.46. The van der Waals surface area contributed by atoms with Crippen LogP contribution in [0.2, 0.25) is 0 Å². The van der Waals surface area contributed by atoms with Crippen LogP contribution in [0.5, 0.6) is 5.75 Å². The SMILES string of the molecule is CCNC(=O)C(Cc1ccccc1)N(Cc1cccc(Br)c1)C(=O)COc1ccc(F)cc1. The van der Waals surface area contributed by atoms with Crippen LogP contribution in [0.25, 0.3) is 0 Å². The molecule has 1 atom stereocenters. The van der Waals surface area contributed by atoms with Crippen LogP contribution in [0, 0.1) is 5.82 Å². The fourth-order valence-corrected chi connectivity index (χ4v) is 3.88. The zero-order valence-electron chi connectivity index (χ0n) is 18.3. The fraction of sp³-hybridized carbons (Fsp3) is 0.231. The molecule has 3 aromatic rings. The zero-order chi connectivity index (χ0) is 23.6. The smallest absolute Gasteiger partial charge is 0.261 e. The van der Waals surface area contributed by atoms with E-state index in [0.29, 0.717) is 18.7 Å². The topological polar surface area (TPSA) is 58.6 Å². The molecule has 0 aliphatic rings. The standard InChI is InChI=1S/C26H26BrFN2O3/c1-2-29-26(32)24(16-19-7-4-3-5-8-19)30(17-20-9-6-10-21(27)15-20)25(31)18-33-23-13-11-22(28)12-14-23/h3-15,24H,2,16-18H2,1H3,(H,29,32). The maximum absolute atomic E-state index is 13.3. The third-order valence-corrected chi connectivity index (χ3v) is 5.53. The predicted molar refractivity (Wildman–Crippen MR) is 129 cm³/mol. The van der Waals surface area contributed by atoms with E-state index in [4.69, 9.17) is 4.74 Å². The molecule has 0 aliphatic carbocycles. The molecule has 5 nitrogen and oxygen atoms in total. The minimum absolute atomic E-state index is 0.230. The molecule has 1 N–H and O–H groups in total. The second kappa shape index (κ2) is 12.2. The first-order valence-corrected chi connectivity index (χ1v) is 11.5. The first-order chi connectivity index (χ1) is 16.0. The van der Waals surface area contributed by atoms with E-state index in [9.17, 15) is 14.0 Å². The third-order valence-electron chi connectivity index (χ3n) is 5.04. The minimum Gasteiger partial charge on any atom is -0.484 e. The highest BCUT2D eigenvalue weighted by Gasteiger charge is 2.30. The first kappa shape index (κ1) is 24.5. The van der Waals surface area contributed by atoms with Crippen molar-refractivity contribution in [1.82, 2.24) is 10.2 Å². The molecule has 3 aromatic carbocycles. The van der Waals surface area contributed by atoms with Gasteiger partial charge in [0.2, 0.25) is 5.91 Å². The van der Waals surface area contributed by atoms with Crippen LogP contribution in [-0.4, -0.2) is 35.9 Å². The highest BCUT2D eigenvalue weighted by Crippen LogP contribution is 2.18. The van der Waals surface area contributed by atoms with Crippen LogP contribution < -0.4 is 10.1 Å². The number of ether oxygens (including phenoxy) is 1. The van der Waals surface area contributed by atoms with Gasteiger partial charge in [-0.15, -0.1) is 0 Å². The average Bonchev–Trinajstić information content (AvgIpc) is 2.81. The van der Waals surface area contributed by atoms with Gasteiger partial charge < -0.3 is 15.0 Å². The van der Waals surface area contributed by atoms with Gasteiger partial charge in [-0.2, -0.15) is 0 Å². The van der Waals surface area contributed by atoms with Crippen LogP contribution in [0.15, 0.2) is 83.3 Å². The van der Waals surface area contributed by atoms with Gasteiger partial charge in [0, 0.05) is 24.0 Å². The van der Waals surface area contributed by atoms with Gasteiger partial charge >= 0.3 is 0 Å². The van der Waals surface area contributed by atoms with Crippen molar-refractivity contribution in [1.29, 1.82) is 0 Å².